The molecule has 1 fully saturated rings. The molecule has 6 heteroatoms. The summed E-state index contributed by atoms with van der Waals surface area (Å²) in [6.07, 6.45) is 3.57. The summed E-state index contributed by atoms with van der Waals surface area (Å²) in [6.45, 7) is 0. The monoisotopic (exact) mass is 340 g/mol. The molecule has 0 radical (unpaired) electrons. The Balaban J connectivity index is 1.89. The zero-order chi connectivity index (χ0) is 13.2. The first kappa shape index (κ1) is 13.0. The third-order valence-corrected chi connectivity index (χ3v) is 4.96. The van der Waals surface area contributed by atoms with Crippen LogP contribution >= 0.6 is 27.7 Å². The highest BCUT2D eigenvalue weighted by molar-refractivity contribution is 9.10. The van der Waals surface area contributed by atoms with E-state index in [1.54, 1.807) is 18.2 Å². The van der Waals surface area contributed by atoms with Crippen LogP contribution < -0.4 is 0 Å². The van der Waals surface area contributed by atoms with Crippen molar-refractivity contribution < 1.29 is 9.63 Å². The Labute approximate surface area is 123 Å². The lowest BCUT2D eigenvalue weighted by atomic mass is 10.2. The Morgan fingerprint density at radius 2 is 2.26 bits per heavy atom. The molecule has 0 saturated carbocycles. The number of hydrogen-bond donors (Lipinski definition) is 1. The van der Waals surface area contributed by atoms with Crippen LogP contribution in [-0.2, 0) is 0 Å². The summed E-state index contributed by atoms with van der Waals surface area (Å²) in [6, 6.07) is 5.16. The molecule has 1 N–H and O–H groups in total. The molecule has 0 spiro atoms. The zero-order valence-electron chi connectivity index (χ0n) is 10.2. The van der Waals surface area contributed by atoms with Crippen molar-refractivity contribution in [2.75, 3.05) is 5.75 Å². The predicted octanol–water partition coefficient (Wildman–Crippen LogP) is 4.16. The molecule has 100 valence electrons. The number of phenolic OH excluding ortho intramolecular Hbond substituents is 1. The minimum atomic E-state index is 0.148. The quantitative estimate of drug-likeness (QED) is 0.889. The Morgan fingerprint density at radius 3 is 3.05 bits per heavy atom. The van der Waals surface area contributed by atoms with Gasteiger partial charge in [0.15, 0.2) is 5.82 Å². The van der Waals surface area contributed by atoms with Gasteiger partial charge >= 0.3 is 0 Å². The van der Waals surface area contributed by atoms with E-state index in [0.29, 0.717) is 16.7 Å². The first-order valence-corrected chi connectivity index (χ1v) is 8.02. The second kappa shape index (κ2) is 5.54. The van der Waals surface area contributed by atoms with Crippen LogP contribution in [0.2, 0.25) is 0 Å². The van der Waals surface area contributed by atoms with E-state index in [4.69, 9.17) is 4.52 Å². The lowest BCUT2D eigenvalue weighted by molar-refractivity contribution is 0.415. The number of benzene rings is 1. The molecule has 4 nitrogen and oxygen atoms in total. The Morgan fingerprint density at radius 1 is 1.37 bits per heavy atom. The second-order valence-corrected chi connectivity index (χ2v) is 6.70. The Hall–Kier alpha value is -1.01. The lowest BCUT2D eigenvalue weighted by Gasteiger charge is -2.17. The average Bonchev–Trinajstić information content (AvgIpc) is 2.92. The first-order chi connectivity index (χ1) is 9.24. The smallest absolute Gasteiger partial charge is 0.261 e. The third kappa shape index (κ3) is 2.79. The van der Waals surface area contributed by atoms with Crippen LogP contribution in [0.4, 0.5) is 0 Å². The number of halogens is 1. The molecule has 1 aliphatic heterocycles. The van der Waals surface area contributed by atoms with Crippen molar-refractivity contribution in [1.29, 1.82) is 0 Å². The number of rotatable bonds is 2. The molecular weight excluding hydrogens is 328 g/mol. The van der Waals surface area contributed by atoms with Gasteiger partial charge in [-0.05, 0) is 36.8 Å². The van der Waals surface area contributed by atoms with Crippen LogP contribution in [0.1, 0.15) is 30.3 Å². The molecule has 1 saturated heterocycles. The van der Waals surface area contributed by atoms with Crippen molar-refractivity contribution in [2.24, 2.45) is 0 Å². The van der Waals surface area contributed by atoms with Crippen LogP contribution in [0, 0.1) is 0 Å². The molecular formula is C13H13BrN2O2S. The largest absolute Gasteiger partial charge is 0.507 e. The van der Waals surface area contributed by atoms with E-state index >= 15 is 0 Å². The maximum Gasteiger partial charge on any atom is 0.261 e. The molecule has 2 aromatic rings. The fraction of sp³-hybridized carbons (Fsp3) is 0.385. The molecule has 19 heavy (non-hydrogen) atoms. The predicted molar refractivity (Wildman–Crippen MR) is 78.1 cm³/mol. The molecule has 1 aliphatic rings. The summed E-state index contributed by atoms with van der Waals surface area (Å²) in [5.74, 6) is 2.41. The van der Waals surface area contributed by atoms with Crippen molar-refractivity contribution in [2.45, 2.75) is 24.5 Å². The molecule has 0 amide bonds. The third-order valence-electron chi connectivity index (χ3n) is 3.10. The van der Waals surface area contributed by atoms with Gasteiger partial charge in [-0.25, -0.2) is 0 Å². The van der Waals surface area contributed by atoms with E-state index in [2.05, 4.69) is 26.1 Å². The summed E-state index contributed by atoms with van der Waals surface area (Å²) < 4.78 is 6.15. The standard InChI is InChI=1S/C13H13BrN2O2S/c14-8-4-5-10(17)9(7-8)13-15-12(16-18-13)11-3-1-2-6-19-11/h4-5,7,11,17H,1-3,6H2. The van der Waals surface area contributed by atoms with Gasteiger partial charge in [-0.2, -0.15) is 16.7 Å². The van der Waals surface area contributed by atoms with Gasteiger partial charge < -0.3 is 9.63 Å². The maximum atomic E-state index is 9.85. The Kier molecular flexibility index (Phi) is 3.79. The maximum absolute atomic E-state index is 9.85. The van der Waals surface area contributed by atoms with Crippen molar-refractivity contribution >= 4 is 27.7 Å². The molecule has 2 heterocycles. The van der Waals surface area contributed by atoms with Crippen LogP contribution in [0.5, 0.6) is 5.75 Å². The number of aromatic nitrogens is 2. The first-order valence-electron chi connectivity index (χ1n) is 6.18. The normalized spacial score (nSPS) is 19.5. The molecule has 0 aliphatic carbocycles. The number of thioether (sulfide) groups is 1. The average molecular weight is 341 g/mol. The van der Waals surface area contributed by atoms with E-state index in [-0.39, 0.29) is 5.75 Å². The fourth-order valence-electron chi connectivity index (χ4n) is 2.10. The van der Waals surface area contributed by atoms with Gasteiger partial charge in [0, 0.05) is 4.47 Å². The molecule has 1 aromatic carbocycles. The molecule has 1 atom stereocenters. The van der Waals surface area contributed by atoms with Gasteiger partial charge in [-0.15, -0.1) is 0 Å². The highest BCUT2D eigenvalue weighted by atomic mass is 79.9. The van der Waals surface area contributed by atoms with Crippen molar-refractivity contribution in [3.63, 3.8) is 0 Å². The molecule has 3 rings (SSSR count). The number of aromatic hydroxyl groups is 1. The highest BCUT2D eigenvalue weighted by Crippen LogP contribution is 2.38. The molecule has 0 bridgehead atoms. The van der Waals surface area contributed by atoms with Gasteiger partial charge in [-0.1, -0.05) is 27.5 Å². The lowest BCUT2D eigenvalue weighted by Crippen LogP contribution is -2.03. The van der Waals surface area contributed by atoms with Crippen molar-refractivity contribution in [3.8, 4) is 17.2 Å². The SMILES string of the molecule is Oc1ccc(Br)cc1-c1nc(C2CCCCS2)no1. The summed E-state index contributed by atoms with van der Waals surface area (Å²) >= 11 is 5.25. The van der Waals surface area contributed by atoms with Crippen molar-refractivity contribution in [3.05, 3.63) is 28.5 Å². The van der Waals surface area contributed by atoms with Gasteiger partial charge in [-0.3, -0.25) is 0 Å². The topological polar surface area (TPSA) is 59.2 Å². The van der Waals surface area contributed by atoms with Gasteiger partial charge in [0.05, 0.1) is 10.8 Å². The van der Waals surface area contributed by atoms with Gasteiger partial charge in [0.25, 0.3) is 5.89 Å². The Bertz CT molecular complexity index is 582. The van der Waals surface area contributed by atoms with Crippen molar-refractivity contribution in [1.82, 2.24) is 10.1 Å². The van der Waals surface area contributed by atoms with E-state index in [1.807, 2.05) is 11.8 Å². The zero-order valence-corrected chi connectivity index (χ0v) is 12.6. The summed E-state index contributed by atoms with van der Waals surface area (Å²) in [5, 5.41) is 14.2. The van der Waals surface area contributed by atoms with Gasteiger partial charge in [0.2, 0.25) is 0 Å². The van der Waals surface area contributed by atoms with Crippen LogP contribution in [-0.4, -0.2) is 21.0 Å². The van der Waals surface area contributed by atoms with E-state index in [1.165, 1.54) is 12.8 Å². The summed E-state index contributed by atoms with van der Waals surface area (Å²) in [4.78, 5) is 4.43. The summed E-state index contributed by atoms with van der Waals surface area (Å²) in [7, 11) is 0. The van der Waals surface area contributed by atoms with Crippen LogP contribution in [0.15, 0.2) is 27.2 Å². The minimum absolute atomic E-state index is 0.148. The highest BCUT2D eigenvalue weighted by Gasteiger charge is 2.22. The van der Waals surface area contributed by atoms with E-state index < -0.39 is 0 Å². The fourth-order valence-corrected chi connectivity index (χ4v) is 3.69. The summed E-state index contributed by atoms with van der Waals surface area (Å²) in [5.41, 5.74) is 0.564. The molecule has 1 aromatic heterocycles. The number of phenols is 1. The minimum Gasteiger partial charge on any atom is -0.507 e. The second-order valence-electron chi connectivity index (χ2n) is 4.47. The van der Waals surface area contributed by atoms with Crippen LogP contribution in [0.3, 0.4) is 0 Å². The van der Waals surface area contributed by atoms with E-state index in [0.717, 1.165) is 22.5 Å². The van der Waals surface area contributed by atoms with Gasteiger partial charge in [0.1, 0.15) is 5.75 Å². The van der Waals surface area contributed by atoms with Crippen LogP contribution in [0.25, 0.3) is 11.5 Å². The number of nitrogens with zero attached hydrogens (tertiary/aromatic N) is 2. The van der Waals surface area contributed by atoms with E-state index in [9.17, 15) is 5.11 Å². The number of hydrogen-bond acceptors (Lipinski definition) is 5. The molecule has 1 unspecified atom stereocenters.